The zero-order chi connectivity index (χ0) is 7.56. The maximum Gasteiger partial charge on any atom is 0.0875 e. The molecule has 1 atom stereocenters. The van der Waals surface area contributed by atoms with E-state index in [2.05, 4.69) is 0 Å². The van der Waals surface area contributed by atoms with Crippen LogP contribution in [-0.2, 0) is 0 Å². The quantitative estimate of drug-likeness (QED) is 0.495. The van der Waals surface area contributed by atoms with Crippen molar-refractivity contribution in [3.8, 4) is 0 Å². The van der Waals surface area contributed by atoms with Crippen LogP contribution in [0.15, 0.2) is 34.9 Å². The molecule has 0 fully saturated rings. The molecule has 0 saturated carbocycles. The molecular formula is C8H8Cl2. The Labute approximate surface area is 70.8 Å². The number of hydrogen-bond acceptors (Lipinski definition) is 0. The largest absolute Gasteiger partial charge is 0.112 e. The van der Waals surface area contributed by atoms with Gasteiger partial charge in [-0.25, -0.2) is 0 Å². The standard InChI is InChI=1S/C8H8Cl2/c1-6-3-2-4-7(9)8(10)5-6/h2-5,7H,1H3. The summed E-state index contributed by atoms with van der Waals surface area (Å²) in [6.07, 6.45) is 7.62. The lowest BCUT2D eigenvalue weighted by atomic mass is 10.3. The number of allylic oxidation sites excluding steroid dienone is 6. The van der Waals surface area contributed by atoms with Gasteiger partial charge in [0, 0.05) is 5.03 Å². The van der Waals surface area contributed by atoms with E-state index in [1.165, 1.54) is 0 Å². The Balaban J connectivity index is 2.90. The molecule has 0 saturated heterocycles. The second-order valence-electron chi connectivity index (χ2n) is 2.23. The summed E-state index contributed by atoms with van der Waals surface area (Å²) < 4.78 is 0. The monoisotopic (exact) mass is 174 g/mol. The molecule has 1 rings (SSSR count). The highest BCUT2D eigenvalue weighted by molar-refractivity contribution is 6.38. The first-order valence-corrected chi connectivity index (χ1v) is 3.88. The van der Waals surface area contributed by atoms with Gasteiger partial charge in [-0.1, -0.05) is 29.8 Å². The fraction of sp³-hybridized carbons (Fsp3) is 0.250. The van der Waals surface area contributed by atoms with E-state index in [4.69, 9.17) is 23.2 Å². The molecule has 0 spiro atoms. The van der Waals surface area contributed by atoms with Crippen molar-refractivity contribution in [1.82, 2.24) is 0 Å². The van der Waals surface area contributed by atoms with Gasteiger partial charge >= 0.3 is 0 Å². The van der Waals surface area contributed by atoms with Gasteiger partial charge in [0.2, 0.25) is 0 Å². The van der Waals surface area contributed by atoms with Crippen LogP contribution in [0.25, 0.3) is 0 Å². The van der Waals surface area contributed by atoms with E-state index in [0.29, 0.717) is 5.03 Å². The summed E-state index contributed by atoms with van der Waals surface area (Å²) in [6.45, 7) is 1.99. The summed E-state index contributed by atoms with van der Waals surface area (Å²) in [5.74, 6) is 0. The third-order valence-corrected chi connectivity index (χ3v) is 2.10. The van der Waals surface area contributed by atoms with Gasteiger partial charge in [0.05, 0.1) is 5.38 Å². The van der Waals surface area contributed by atoms with Crippen LogP contribution < -0.4 is 0 Å². The fourth-order valence-corrected chi connectivity index (χ4v) is 1.13. The number of halogens is 2. The van der Waals surface area contributed by atoms with Crippen molar-refractivity contribution in [3.05, 3.63) is 34.9 Å². The van der Waals surface area contributed by atoms with Gasteiger partial charge in [0.1, 0.15) is 0 Å². The minimum atomic E-state index is -0.157. The molecule has 0 aromatic carbocycles. The first kappa shape index (κ1) is 7.90. The Kier molecular flexibility index (Phi) is 2.58. The predicted molar refractivity (Wildman–Crippen MR) is 46.5 cm³/mol. The molecule has 1 unspecified atom stereocenters. The summed E-state index contributed by atoms with van der Waals surface area (Å²) in [5, 5.41) is 0.527. The highest BCUT2D eigenvalue weighted by Crippen LogP contribution is 2.20. The minimum Gasteiger partial charge on any atom is -0.112 e. The van der Waals surface area contributed by atoms with Gasteiger partial charge in [-0.3, -0.25) is 0 Å². The van der Waals surface area contributed by atoms with Crippen LogP contribution in [0.3, 0.4) is 0 Å². The second kappa shape index (κ2) is 3.27. The number of alkyl halides is 1. The lowest BCUT2D eigenvalue weighted by molar-refractivity contribution is 1.36. The predicted octanol–water partition coefficient (Wildman–Crippen LogP) is 3.23. The molecule has 0 heterocycles. The van der Waals surface area contributed by atoms with E-state index in [1.807, 2.05) is 31.2 Å². The average Bonchev–Trinajstić information content (AvgIpc) is 1.96. The molecule has 1 aliphatic carbocycles. The van der Waals surface area contributed by atoms with Crippen LogP contribution in [0.5, 0.6) is 0 Å². The van der Waals surface area contributed by atoms with E-state index in [-0.39, 0.29) is 5.38 Å². The molecule has 0 aliphatic heterocycles. The van der Waals surface area contributed by atoms with Gasteiger partial charge < -0.3 is 0 Å². The highest BCUT2D eigenvalue weighted by Gasteiger charge is 2.05. The summed E-state index contributed by atoms with van der Waals surface area (Å²) in [6, 6.07) is 0. The molecule has 10 heavy (non-hydrogen) atoms. The minimum absolute atomic E-state index is 0.157. The third kappa shape index (κ3) is 1.89. The maximum atomic E-state index is 5.82. The molecule has 0 bridgehead atoms. The summed E-state index contributed by atoms with van der Waals surface area (Å²) in [7, 11) is 0. The van der Waals surface area contributed by atoms with Crippen molar-refractivity contribution in [1.29, 1.82) is 0 Å². The lowest BCUT2D eigenvalue weighted by Gasteiger charge is -1.98. The van der Waals surface area contributed by atoms with E-state index >= 15 is 0 Å². The Morgan fingerprint density at radius 3 is 2.90 bits per heavy atom. The third-order valence-electron chi connectivity index (χ3n) is 1.27. The number of hydrogen-bond donors (Lipinski definition) is 0. The van der Waals surface area contributed by atoms with Crippen LogP contribution in [-0.4, -0.2) is 5.38 Å². The molecule has 54 valence electrons. The molecule has 0 N–H and O–H groups in total. The zero-order valence-corrected chi connectivity index (χ0v) is 7.15. The van der Waals surface area contributed by atoms with E-state index in [1.54, 1.807) is 0 Å². The molecule has 0 aromatic heterocycles. The average molecular weight is 175 g/mol. The van der Waals surface area contributed by atoms with Crippen LogP contribution in [0.1, 0.15) is 6.92 Å². The molecule has 1 aliphatic rings. The van der Waals surface area contributed by atoms with Crippen molar-refractivity contribution in [2.24, 2.45) is 0 Å². The van der Waals surface area contributed by atoms with Crippen molar-refractivity contribution in [2.75, 3.05) is 0 Å². The van der Waals surface area contributed by atoms with E-state index < -0.39 is 0 Å². The molecule has 0 amide bonds. The Bertz CT molecular complexity index is 211. The van der Waals surface area contributed by atoms with E-state index in [0.717, 1.165) is 5.57 Å². The van der Waals surface area contributed by atoms with Gasteiger partial charge in [-0.2, -0.15) is 0 Å². The molecule has 0 radical (unpaired) electrons. The Morgan fingerprint density at radius 2 is 2.20 bits per heavy atom. The van der Waals surface area contributed by atoms with Crippen molar-refractivity contribution in [3.63, 3.8) is 0 Å². The highest BCUT2D eigenvalue weighted by atomic mass is 35.5. The maximum absolute atomic E-state index is 5.82. The van der Waals surface area contributed by atoms with Gasteiger partial charge in [0.15, 0.2) is 0 Å². The van der Waals surface area contributed by atoms with Crippen LogP contribution in [0.2, 0.25) is 0 Å². The van der Waals surface area contributed by atoms with Crippen molar-refractivity contribution < 1.29 is 0 Å². The zero-order valence-electron chi connectivity index (χ0n) is 5.64. The molecule has 0 nitrogen and oxygen atoms in total. The Hall–Kier alpha value is -0.200. The topological polar surface area (TPSA) is 0 Å². The first-order chi connectivity index (χ1) is 4.70. The van der Waals surface area contributed by atoms with Crippen LogP contribution in [0, 0.1) is 0 Å². The second-order valence-corrected chi connectivity index (χ2v) is 3.13. The molecule has 2 heteroatoms. The van der Waals surface area contributed by atoms with Crippen LogP contribution >= 0.6 is 23.2 Å². The van der Waals surface area contributed by atoms with Crippen LogP contribution in [0.4, 0.5) is 0 Å². The van der Waals surface area contributed by atoms with Crippen molar-refractivity contribution >= 4 is 23.2 Å². The van der Waals surface area contributed by atoms with E-state index in [9.17, 15) is 0 Å². The molecule has 0 aromatic rings. The molecular weight excluding hydrogens is 167 g/mol. The summed E-state index contributed by atoms with van der Waals surface area (Å²) in [5.41, 5.74) is 1.13. The van der Waals surface area contributed by atoms with Gasteiger partial charge in [0.25, 0.3) is 0 Å². The van der Waals surface area contributed by atoms with Gasteiger partial charge in [-0.15, -0.1) is 11.6 Å². The van der Waals surface area contributed by atoms with Crippen molar-refractivity contribution in [2.45, 2.75) is 12.3 Å². The number of rotatable bonds is 0. The normalized spacial score (nSPS) is 25.3. The van der Waals surface area contributed by atoms with Gasteiger partial charge in [-0.05, 0) is 18.6 Å². The first-order valence-electron chi connectivity index (χ1n) is 3.06. The fourth-order valence-electron chi connectivity index (χ4n) is 0.742. The smallest absolute Gasteiger partial charge is 0.0875 e. The Morgan fingerprint density at radius 1 is 1.50 bits per heavy atom. The lowest BCUT2D eigenvalue weighted by Crippen LogP contribution is -1.90. The summed E-state index contributed by atoms with van der Waals surface area (Å²) >= 11 is 11.6. The summed E-state index contributed by atoms with van der Waals surface area (Å²) in [4.78, 5) is 0. The SMILES string of the molecule is CC1=CC=CC(Cl)C(Cl)=C1.